The highest BCUT2D eigenvalue weighted by Crippen LogP contribution is 2.20. The van der Waals surface area contributed by atoms with Crippen LogP contribution in [0.2, 0.25) is 0 Å². The Morgan fingerprint density at radius 3 is 2.78 bits per heavy atom. The van der Waals surface area contributed by atoms with Crippen LogP contribution in [0, 0.1) is 6.92 Å². The first kappa shape index (κ1) is 13.1. The summed E-state index contributed by atoms with van der Waals surface area (Å²) < 4.78 is 5.55. The molecule has 0 saturated carbocycles. The van der Waals surface area contributed by atoms with Crippen LogP contribution in [0.4, 0.5) is 0 Å². The second-order valence-corrected chi connectivity index (χ2v) is 5.41. The monoisotopic (exact) mass is 247 g/mol. The molecule has 18 heavy (non-hydrogen) atoms. The summed E-state index contributed by atoms with van der Waals surface area (Å²) in [4.78, 5) is 6.55. The zero-order chi connectivity index (χ0) is 13.3. The van der Waals surface area contributed by atoms with E-state index in [-0.39, 0.29) is 5.54 Å². The minimum absolute atomic E-state index is 0.00765. The lowest BCUT2D eigenvalue weighted by Crippen LogP contribution is -2.46. The second kappa shape index (κ2) is 4.71. The molecule has 0 fully saturated rings. The fourth-order valence-electron chi connectivity index (χ4n) is 1.83. The SMILES string of the molecule is Cc1nc2ccc(CN(C)C(C)(C)CN)cc2o1. The minimum atomic E-state index is -0.00765. The molecule has 0 radical (unpaired) electrons. The number of aryl methyl sites for hydroxylation is 1. The first-order valence-corrected chi connectivity index (χ1v) is 6.20. The lowest BCUT2D eigenvalue weighted by atomic mass is 10.0. The summed E-state index contributed by atoms with van der Waals surface area (Å²) in [6, 6.07) is 6.15. The van der Waals surface area contributed by atoms with Crippen molar-refractivity contribution in [1.29, 1.82) is 0 Å². The average Bonchev–Trinajstić information content (AvgIpc) is 2.68. The van der Waals surface area contributed by atoms with Crippen molar-refractivity contribution in [3.8, 4) is 0 Å². The second-order valence-electron chi connectivity index (χ2n) is 5.41. The van der Waals surface area contributed by atoms with Gasteiger partial charge in [0.15, 0.2) is 11.5 Å². The van der Waals surface area contributed by atoms with E-state index in [2.05, 4.69) is 42.9 Å². The number of oxazole rings is 1. The molecular formula is C14H21N3O. The Balaban J connectivity index is 2.21. The summed E-state index contributed by atoms with van der Waals surface area (Å²) in [6.07, 6.45) is 0. The van der Waals surface area contributed by atoms with Crippen molar-refractivity contribution in [3.05, 3.63) is 29.7 Å². The number of fused-ring (bicyclic) bond motifs is 1. The number of benzene rings is 1. The van der Waals surface area contributed by atoms with Crippen molar-refractivity contribution >= 4 is 11.1 Å². The largest absolute Gasteiger partial charge is 0.441 e. The van der Waals surface area contributed by atoms with Gasteiger partial charge in [-0.15, -0.1) is 0 Å². The lowest BCUT2D eigenvalue weighted by molar-refractivity contribution is 0.156. The predicted octanol–water partition coefficient (Wildman–Crippen LogP) is 2.31. The molecule has 0 amide bonds. The molecular weight excluding hydrogens is 226 g/mol. The molecule has 0 atom stereocenters. The highest BCUT2D eigenvalue weighted by atomic mass is 16.3. The molecule has 0 bridgehead atoms. The van der Waals surface area contributed by atoms with Crippen molar-refractivity contribution in [2.24, 2.45) is 5.73 Å². The molecule has 2 rings (SSSR count). The van der Waals surface area contributed by atoms with Crippen LogP contribution in [0.15, 0.2) is 22.6 Å². The molecule has 4 heteroatoms. The number of likely N-dealkylation sites (N-methyl/N-ethyl adjacent to an activating group) is 1. The number of aromatic nitrogens is 1. The molecule has 0 aliphatic rings. The Morgan fingerprint density at radius 2 is 2.11 bits per heavy atom. The molecule has 0 aliphatic heterocycles. The van der Waals surface area contributed by atoms with Gasteiger partial charge in [0.25, 0.3) is 0 Å². The van der Waals surface area contributed by atoms with Gasteiger partial charge in [-0.05, 0) is 38.6 Å². The van der Waals surface area contributed by atoms with Crippen LogP contribution in [0.3, 0.4) is 0 Å². The van der Waals surface area contributed by atoms with Gasteiger partial charge in [-0.1, -0.05) is 6.07 Å². The molecule has 0 unspecified atom stereocenters. The van der Waals surface area contributed by atoms with Crippen molar-refractivity contribution in [2.45, 2.75) is 32.9 Å². The van der Waals surface area contributed by atoms with Gasteiger partial charge in [0.2, 0.25) is 0 Å². The van der Waals surface area contributed by atoms with Crippen molar-refractivity contribution in [1.82, 2.24) is 9.88 Å². The Hall–Kier alpha value is -1.39. The summed E-state index contributed by atoms with van der Waals surface area (Å²) in [5, 5.41) is 0. The summed E-state index contributed by atoms with van der Waals surface area (Å²) in [6.45, 7) is 7.63. The number of nitrogens with two attached hydrogens (primary N) is 1. The van der Waals surface area contributed by atoms with Crippen LogP contribution in [-0.4, -0.2) is 29.0 Å². The quantitative estimate of drug-likeness (QED) is 0.900. The van der Waals surface area contributed by atoms with E-state index in [1.165, 1.54) is 5.56 Å². The first-order valence-electron chi connectivity index (χ1n) is 6.20. The lowest BCUT2D eigenvalue weighted by Gasteiger charge is -2.34. The minimum Gasteiger partial charge on any atom is -0.441 e. The zero-order valence-electron chi connectivity index (χ0n) is 11.5. The topological polar surface area (TPSA) is 55.3 Å². The van der Waals surface area contributed by atoms with Gasteiger partial charge < -0.3 is 10.2 Å². The van der Waals surface area contributed by atoms with Gasteiger partial charge in [0.05, 0.1) is 0 Å². The molecule has 0 aliphatic carbocycles. The maximum Gasteiger partial charge on any atom is 0.192 e. The number of hydrogen-bond acceptors (Lipinski definition) is 4. The smallest absolute Gasteiger partial charge is 0.192 e. The third kappa shape index (κ3) is 2.54. The predicted molar refractivity (Wildman–Crippen MR) is 73.3 cm³/mol. The highest BCUT2D eigenvalue weighted by Gasteiger charge is 2.21. The van der Waals surface area contributed by atoms with E-state index in [1.807, 2.05) is 13.0 Å². The van der Waals surface area contributed by atoms with E-state index < -0.39 is 0 Å². The number of rotatable bonds is 4. The summed E-state index contributed by atoms with van der Waals surface area (Å²) >= 11 is 0. The fraction of sp³-hybridized carbons (Fsp3) is 0.500. The number of hydrogen-bond donors (Lipinski definition) is 1. The molecule has 1 heterocycles. The van der Waals surface area contributed by atoms with E-state index >= 15 is 0 Å². The van der Waals surface area contributed by atoms with E-state index in [1.54, 1.807) is 0 Å². The molecule has 2 N–H and O–H groups in total. The van der Waals surface area contributed by atoms with Crippen LogP contribution in [0.25, 0.3) is 11.1 Å². The molecule has 4 nitrogen and oxygen atoms in total. The zero-order valence-corrected chi connectivity index (χ0v) is 11.5. The third-order valence-corrected chi connectivity index (χ3v) is 3.51. The Labute approximate surface area is 108 Å². The molecule has 0 saturated heterocycles. The Bertz CT molecular complexity index is 545. The maximum atomic E-state index is 5.78. The third-order valence-electron chi connectivity index (χ3n) is 3.51. The normalized spacial score (nSPS) is 12.6. The molecule has 1 aromatic heterocycles. The summed E-state index contributed by atoms with van der Waals surface area (Å²) in [7, 11) is 2.09. The molecule has 2 aromatic rings. The molecule has 0 spiro atoms. The van der Waals surface area contributed by atoms with Crippen LogP contribution in [-0.2, 0) is 6.54 Å². The van der Waals surface area contributed by atoms with Crippen molar-refractivity contribution in [2.75, 3.05) is 13.6 Å². The Morgan fingerprint density at radius 1 is 1.39 bits per heavy atom. The van der Waals surface area contributed by atoms with Crippen molar-refractivity contribution < 1.29 is 4.42 Å². The number of nitrogens with zero attached hydrogens (tertiary/aromatic N) is 2. The standard InChI is InChI=1S/C14H21N3O/c1-10-16-12-6-5-11(7-13(12)18-10)8-17(4)14(2,3)9-15/h5-7H,8-9,15H2,1-4H3. The van der Waals surface area contributed by atoms with E-state index in [0.717, 1.165) is 17.6 Å². The Kier molecular flexibility index (Phi) is 3.41. The van der Waals surface area contributed by atoms with Gasteiger partial charge in [-0.2, -0.15) is 0 Å². The average molecular weight is 247 g/mol. The summed E-state index contributed by atoms with van der Waals surface area (Å²) in [5.41, 5.74) is 8.75. The highest BCUT2D eigenvalue weighted by molar-refractivity contribution is 5.73. The van der Waals surface area contributed by atoms with Gasteiger partial charge >= 0.3 is 0 Å². The van der Waals surface area contributed by atoms with Crippen LogP contribution < -0.4 is 5.73 Å². The molecule has 98 valence electrons. The molecule has 1 aromatic carbocycles. The van der Waals surface area contributed by atoms with Gasteiger partial charge in [-0.3, -0.25) is 4.90 Å². The first-order chi connectivity index (χ1) is 8.42. The van der Waals surface area contributed by atoms with Crippen LogP contribution in [0.1, 0.15) is 25.3 Å². The van der Waals surface area contributed by atoms with E-state index in [9.17, 15) is 0 Å². The summed E-state index contributed by atoms with van der Waals surface area (Å²) in [5.74, 6) is 0.706. The van der Waals surface area contributed by atoms with Gasteiger partial charge in [-0.25, -0.2) is 4.98 Å². The van der Waals surface area contributed by atoms with E-state index in [4.69, 9.17) is 10.2 Å². The van der Waals surface area contributed by atoms with Crippen molar-refractivity contribution in [3.63, 3.8) is 0 Å². The van der Waals surface area contributed by atoms with Gasteiger partial charge in [0, 0.05) is 25.6 Å². The van der Waals surface area contributed by atoms with Crippen LogP contribution in [0.5, 0.6) is 0 Å². The van der Waals surface area contributed by atoms with E-state index in [0.29, 0.717) is 12.4 Å². The fourth-order valence-corrected chi connectivity index (χ4v) is 1.83. The maximum absolute atomic E-state index is 5.78. The van der Waals surface area contributed by atoms with Crippen LogP contribution >= 0.6 is 0 Å². The van der Waals surface area contributed by atoms with Gasteiger partial charge in [0.1, 0.15) is 5.52 Å².